The first-order valence-corrected chi connectivity index (χ1v) is 30.5. The van der Waals surface area contributed by atoms with Gasteiger partial charge in [0.1, 0.15) is 6.61 Å². The number of carbonyl (C=O) groups is 2. The lowest BCUT2D eigenvalue weighted by Gasteiger charge is -2.18. The van der Waals surface area contributed by atoms with Crippen molar-refractivity contribution in [2.45, 2.75) is 335 Å². The average Bonchev–Trinajstić information content (AvgIpc) is 3.34. The van der Waals surface area contributed by atoms with E-state index in [1.165, 1.54) is 250 Å². The quantitative estimate of drug-likeness (QED) is 0.0345. The summed E-state index contributed by atoms with van der Waals surface area (Å²) in [6.07, 6.45) is 73.1. The predicted molar refractivity (Wildman–Crippen MR) is 298 cm³/mol. The molecule has 1 unspecified atom stereocenters. The zero-order valence-electron chi connectivity index (χ0n) is 46.1. The molecule has 5 nitrogen and oxygen atoms in total. The third-order valence-corrected chi connectivity index (χ3v) is 13.6. The van der Waals surface area contributed by atoms with Crippen molar-refractivity contribution in [2.75, 3.05) is 19.8 Å². The third kappa shape index (κ3) is 56.7. The Hall–Kier alpha value is -1.88. The third-order valence-electron chi connectivity index (χ3n) is 13.6. The Morgan fingerprint density at radius 2 is 0.618 bits per heavy atom. The van der Waals surface area contributed by atoms with Gasteiger partial charge in [-0.2, -0.15) is 0 Å². The molecule has 0 aliphatic carbocycles. The minimum absolute atomic E-state index is 0.0863. The Morgan fingerprint density at radius 1 is 0.324 bits per heavy atom. The average molecular weight is 956 g/mol. The molecule has 0 aliphatic heterocycles. The van der Waals surface area contributed by atoms with Crippen molar-refractivity contribution in [3.63, 3.8) is 0 Å². The molecule has 5 heteroatoms. The molecule has 0 saturated carbocycles. The summed E-state index contributed by atoms with van der Waals surface area (Å²) >= 11 is 0. The number of unbranched alkanes of at least 4 members (excludes halogenated alkanes) is 40. The molecule has 68 heavy (non-hydrogen) atoms. The van der Waals surface area contributed by atoms with Crippen LogP contribution in [0.15, 0.2) is 36.5 Å². The highest BCUT2D eigenvalue weighted by atomic mass is 16.6. The van der Waals surface area contributed by atoms with Gasteiger partial charge in [0.05, 0.1) is 6.61 Å². The summed E-state index contributed by atoms with van der Waals surface area (Å²) in [6.45, 7) is 7.85. The summed E-state index contributed by atoms with van der Waals surface area (Å²) in [5.74, 6) is -0.384. The first-order valence-electron chi connectivity index (χ1n) is 30.5. The fraction of sp³-hybridized carbons (Fsp3) is 0.873. The molecule has 0 N–H and O–H groups in total. The minimum Gasteiger partial charge on any atom is -0.462 e. The van der Waals surface area contributed by atoms with Gasteiger partial charge in [-0.3, -0.25) is 9.59 Å². The highest BCUT2D eigenvalue weighted by Gasteiger charge is 2.17. The normalized spacial score (nSPS) is 12.3. The zero-order valence-corrected chi connectivity index (χ0v) is 46.1. The van der Waals surface area contributed by atoms with E-state index in [0.29, 0.717) is 19.4 Å². The van der Waals surface area contributed by atoms with Crippen LogP contribution in [0, 0.1) is 0 Å². The molecule has 0 spiro atoms. The molecule has 0 fully saturated rings. The molecule has 1 atom stereocenters. The number of rotatable bonds is 57. The topological polar surface area (TPSA) is 61.8 Å². The molecular formula is C63H118O5. The van der Waals surface area contributed by atoms with Crippen LogP contribution in [0.1, 0.15) is 329 Å². The molecule has 0 saturated heterocycles. The molecule has 0 radical (unpaired) electrons. The second kappa shape index (κ2) is 59.4. The van der Waals surface area contributed by atoms with Crippen LogP contribution >= 0.6 is 0 Å². The van der Waals surface area contributed by atoms with Gasteiger partial charge in [0.2, 0.25) is 0 Å². The Morgan fingerprint density at radius 3 is 1.01 bits per heavy atom. The largest absolute Gasteiger partial charge is 0.462 e. The zero-order chi connectivity index (χ0) is 49.2. The van der Waals surface area contributed by atoms with Gasteiger partial charge in [0.15, 0.2) is 6.10 Å². The van der Waals surface area contributed by atoms with Gasteiger partial charge in [0, 0.05) is 19.4 Å². The summed E-state index contributed by atoms with van der Waals surface area (Å²) in [7, 11) is 0. The lowest BCUT2D eigenvalue weighted by Crippen LogP contribution is -2.30. The summed E-state index contributed by atoms with van der Waals surface area (Å²) in [5, 5.41) is 0. The SMILES string of the molecule is CCCCC/C=C\C/C=C\CCCCCCCCCCOCC(COC(=O)CCCCCCCCC/C=C\CCCCCCCC)OC(=O)CCCCCCCCCCCCCCCCCCC. The van der Waals surface area contributed by atoms with Crippen LogP contribution in [0.2, 0.25) is 0 Å². The number of hydrogen-bond acceptors (Lipinski definition) is 5. The summed E-state index contributed by atoms with van der Waals surface area (Å²) < 4.78 is 17.5. The molecule has 0 amide bonds. The predicted octanol–water partition coefficient (Wildman–Crippen LogP) is 20.9. The van der Waals surface area contributed by atoms with Crippen molar-refractivity contribution in [3.05, 3.63) is 36.5 Å². The van der Waals surface area contributed by atoms with E-state index in [1.807, 2.05) is 0 Å². The van der Waals surface area contributed by atoms with E-state index in [2.05, 4.69) is 57.2 Å². The maximum absolute atomic E-state index is 12.9. The van der Waals surface area contributed by atoms with Crippen LogP contribution in [0.25, 0.3) is 0 Å². The van der Waals surface area contributed by atoms with E-state index in [4.69, 9.17) is 14.2 Å². The molecule has 0 aromatic heterocycles. The molecule has 0 bridgehead atoms. The molecule has 0 aromatic carbocycles. The fourth-order valence-corrected chi connectivity index (χ4v) is 9.07. The van der Waals surface area contributed by atoms with Gasteiger partial charge in [-0.25, -0.2) is 0 Å². The highest BCUT2D eigenvalue weighted by molar-refractivity contribution is 5.70. The van der Waals surface area contributed by atoms with Crippen molar-refractivity contribution in [1.82, 2.24) is 0 Å². The Bertz CT molecular complexity index is 1080. The van der Waals surface area contributed by atoms with Crippen molar-refractivity contribution in [2.24, 2.45) is 0 Å². The van der Waals surface area contributed by atoms with Crippen LogP contribution in [0.5, 0.6) is 0 Å². The van der Waals surface area contributed by atoms with E-state index in [1.54, 1.807) is 0 Å². The lowest BCUT2D eigenvalue weighted by molar-refractivity contribution is -0.163. The van der Waals surface area contributed by atoms with Crippen LogP contribution in [-0.4, -0.2) is 37.9 Å². The van der Waals surface area contributed by atoms with E-state index in [9.17, 15) is 9.59 Å². The van der Waals surface area contributed by atoms with Gasteiger partial charge < -0.3 is 14.2 Å². The molecule has 0 aliphatic rings. The minimum atomic E-state index is -0.538. The maximum Gasteiger partial charge on any atom is 0.306 e. The first kappa shape index (κ1) is 66.1. The summed E-state index contributed by atoms with van der Waals surface area (Å²) in [5.41, 5.74) is 0. The molecule has 0 aromatic rings. The number of esters is 2. The molecular weight excluding hydrogens is 837 g/mol. The molecule has 400 valence electrons. The van der Waals surface area contributed by atoms with Crippen molar-refractivity contribution >= 4 is 11.9 Å². The maximum atomic E-state index is 12.9. The Kier molecular flexibility index (Phi) is 57.8. The number of ether oxygens (including phenoxy) is 3. The van der Waals surface area contributed by atoms with Crippen LogP contribution in [-0.2, 0) is 23.8 Å². The smallest absolute Gasteiger partial charge is 0.306 e. The Labute approximate surface area is 425 Å². The second-order valence-electron chi connectivity index (χ2n) is 20.6. The first-order chi connectivity index (χ1) is 33.6. The van der Waals surface area contributed by atoms with E-state index < -0.39 is 6.10 Å². The Balaban J connectivity index is 4.25. The molecule has 0 heterocycles. The van der Waals surface area contributed by atoms with Crippen molar-refractivity contribution < 1.29 is 23.8 Å². The number of carbonyl (C=O) groups excluding carboxylic acids is 2. The summed E-state index contributed by atoms with van der Waals surface area (Å²) in [6, 6.07) is 0. The lowest BCUT2D eigenvalue weighted by atomic mass is 10.0. The fourth-order valence-electron chi connectivity index (χ4n) is 9.07. The highest BCUT2D eigenvalue weighted by Crippen LogP contribution is 2.17. The molecule has 0 rings (SSSR count). The monoisotopic (exact) mass is 955 g/mol. The van der Waals surface area contributed by atoms with Gasteiger partial charge >= 0.3 is 11.9 Å². The van der Waals surface area contributed by atoms with Crippen LogP contribution in [0.4, 0.5) is 0 Å². The van der Waals surface area contributed by atoms with Gasteiger partial charge in [-0.1, -0.05) is 276 Å². The van der Waals surface area contributed by atoms with E-state index in [0.717, 1.165) is 44.9 Å². The number of allylic oxidation sites excluding steroid dienone is 6. The van der Waals surface area contributed by atoms with E-state index in [-0.39, 0.29) is 25.2 Å². The van der Waals surface area contributed by atoms with Gasteiger partial charge in [0.25, 0.3) is 0 Å². The van der Waals surface area contributed by atoms with Gasteiger partial charge in [-0.05, 0) is 77.0 Å². The second-order valence-corrected chi connectivity index (χ2v) is 20.6. The standard InChI is InChI=1S/C63H118O5/c1-4-7-10-13-16-19-22-25-28-31-34-37-40-43-46-49-52-55-58-66-59-61(68-63(65)57-54-51-48-45-42-39-36-33-30-27-24-21-18-15-12-9-6-3)60-67-62(64)56-53-50-47-44-41-38-35-32-29-26-23-20-17-14-11-8-5-2/h16,19,25-26,28-29,61H,4-15,17-18,20-24,27,30-60H2,1-3H3/b19-16-,28-25-,29-26-. The van der Waals surface area contributed by atoms with Crippen LogP contribution < -0.4 is 0 Å². The van der Waals surface area contributed by atoms with Crippen molar-refractivity contribution in [1.29, 1.82) is 0 Å². The van der Waals surface area contributed by atoms with Crippen LogP contribution in [0.3, 0.4) is 0 Å². The van der Waals surface area contributed by atoms with E-state index >= 15 is 0 Å². The van der Waals surface area contributed by atoms with Crippen molar-refractivity contribution in [3.8, 4) is 0 Å². The number of hydrogen-bond donors (Lipinski definition) is 0. The van der Waals surface area contributed by atoms with Gasteiger partial charge in [-0.15, -0.1) is 0 Å². The summed E-state index contributed by atoms with van der Waals surface area (Å²) in [4.78, 5) is 25.6.